The van der Waals surface area contributed by atoms with Gasteiger partial charge >= 0.3 is 0 Å². The molecule has 0 bridgehead atoms. The van der Waals surface area contributed by atoms with Crippen molar-refractivity contribution in [2.24, 2.45) is 0 Å². The van der Waals surface area contributed by atoms with Crippen LogP contribution in [-0.2, 0) is 9.94 Å². The van der Waals surface area contributed by atoms with Gasteiger partial charge in [0, 0.05) is 5.75 Å². The highest BCUT2D eigenvalue weighted by molar-refractivity contribution is 7.93. The maximum atomic E-state index is 4.61. The third kappa shape index (κ3) is 2.42. The summed E-state index contributed by atoms with van der Waals surface area (Å²) in [6.07, 6.45) is 0. The molecule has 0 aromatic heterocycles. The van der Waals surface area contributed by atoms with Crippen LogP contribution in [0.4, 0.5) is 0 Å². The van der Waals surface area contributed by atoms with E-state index in [0.717, 1.165) is 5.75 Å². The fourth-order valence-electron chi connectivity index (χ4n) is 0.684. The molecular weight excluding hydrogens is 144 g/mol. The van der Waals surface area contributed by atoms with Gasteiger partial charge in [0.15, 0.2) is 0 Å². The first-order chi connectivity index (χ1) is 4.93. The third-order valence-electron chi connectivity index (χ3n) is 1.15. The van der Waals surface area contributed by atoms with E-state index in [9.17, 15) is 0 Å². The molecule has 10 heavy (non-hydrogen) atoms. The highest BCUT2D eigenvalue weighted by Crippen LogP contribution is 2.11. The summed E-state index contributed by atoms with van der Waals surface area (Å²) >= 11 is 1.35. The topological polar surface area (TPSA) is 9.23 Å². The molecular formula is C8H9OS. The molecule has 1 rings (SSSR count). The smallest absolute Gasteiger partial charge is 0.0860 e. The van der Waals surface area contributed by atoms with Crippen molar-refractivity contribution in [3.05, 3.63) is 43.0 Å². The van der Waals surface area contributed by atoms with Crippen LogP contribution in [0.5, 0.6) is 0 Å². The molecule has 0 amide bonds. The van der Waals surface area contributed by atoms with Crippen molar-refractivity contribution in [1.82, 2.24) is 0 Å². The van der Waals surface area contributed by atoms with Gasteiger partial charge in [-0.3, -0.25) is 0 Å². The lowest BCUT2D eigenvalue weighted by molar-refractivity contribution is 0.556. The summed E-state index contributed by atoms with van der Waals surface area (Å²) in [4.78, 5) is 0. The van der Waals surface area contributed by atoms with Crippen LogP contribution in [0, 0.1) is 7.11 Å². The van der Waals surface area contributed by atoms with E-state index in [1.54, 1.807) is 0 Å². The van der Waals surface area contributed by atoms with E-state index in [1.165, 1.54) is 17.6 Å². The van der Waals surface area contributed by atoms with Crippen LogP contribution < -0.4 is 0 Å². The molecule has 1 nitrogen and oxygen atoms in total. The Morgan fingerprint density at radius 1 is 1.30 bits per heavy atom. The van der Waals surface area contributed by atoms with Gasteiger partial charge in [-0.1, -0.05) is 30.3 Å². The van der Waals surface area contributed by atoms with Crippen molar-refractivity contribution < 1.29 is 4.18 Å². The van der Waals surface area contributed by atoms with Crippen molar-refractivity contribution in [2.75, 3.05) is 0 Å². The van der Waals surface area contributed by atoms with Gasteiger partial charge in [-0.15, -0.1) is 0 Å². The monoisotopic (exact) mass is 153 g/mol. The molecule has 0 heterocycles. The molecule has 0 fully saturated rings. The highest BCUT2D eigenvalue weighted by atomic mass is 32.2. The summed E-state index contributed by atoms with van der Waals surface area (Å²) in [5.41, 5.74) is 1.26. The first-order valence-corrected chi connectivity index (χ1v) is 3.92. The van der Waals surface area contributed by atoms with Gasteiger partial charge in [-0.05, 0) is 17.6 Å². The van der Waals surface area contributed by atoms with E-state index in [2.05, 4.69) is 23.4 Å². The minimum atomic E-state index is 0.865. The Bertz CT molecular complexity index is 174. The number of rotatable bonds is 3. The molecule has 0 unspecified atom stereocenters. The quantitative estimate of drug-likeness (QED) is 0.617. The van der Waals surface area contributed by atoms with Crippen LogP contribution >= 0.6 is 12.0 Å². The molecule has 0 saturated heterocycles. The molecule has 0 spiro atoms. The maximum absolute atomic E-state index is 4.61. The molecule has 1 aromatic rings. The summed E-state index contributed by atoms with van der Waals surface area (Å²) in [7, 11) is 3.26. The van der Waals surface area contributed by atoms with Crippen molar-refractivity contribution in [3.8, 4) is 0 Å². The predicted octanol–water partition coefficient (Wildman–Crippen LogP) is 2.64. The minimum Gasteiger partial charge on any atom is -0.313 e. The van der Waals surface area contributed by atoms with Gasteiger partial charge in [0.2, 0.25) is 0 Å². The van der Waals surface area contributed by atoms with Crippen LogP contribution in [0.1, 0.15) is 5.56 Å². The number of hydrogen-bond donors (Lipinski definition) is 0. The van der Waals surface area contributed by atoms with Gasteiger partial charge in [-0.2, -0.15) is 0 Å². The molecule has 1 radical (unpaired) electrons. The molecule has 1 aromatic carbocycles. The Hall–Kier alpha value is -0.470. The van der Waals surface area contributed by atoms with Crippen LogP contribution in [0.2, 0.25) is 0 Å². The summed E-state index contributed by atoms with van der Waals surface area (Å²) in [5.74, 6) is 0.865. The second-order valence-corrected chi connectivity index (χ2v) is 2.63. The zero-order chi connectivity index (χ0) is 7.23. The second kappa shape index (κ2) is 4.36. The predicted molar refractivity (Wildman–Crippen MR) is 44.2 cm³/mol. The van der Waals surface area contributed by atoms with E-state index in [-0.39, 0.29) is 0 Å². The van der Waals surface area contributed by atoms with Crippen molar-refractivity contribution in [2.45, 2.75) is 5.75 Å². The normalized spacial score (nSPS) is 9.70. The summed E-state index contributed by atoms with van der Waals surface area (Å²) < 4.78 is 4.61. The zero-order valence-corrected chi connectivity index (χ0v) is 6.43. The van der Waals surface area contributed by atoms with Crippen LogP contribution in [0.15, 0.2) is 30.3 Å². The molecule has 0 aliphatic heterocycles. The van der Waals surface area contributed by atoms with Crippen molar-refractivity contribution >= 4 is 12.0 Å². The first kappa shape index (κ1) is 7.63. The van der Waals surface area contributed by atoms with Gasteiger partial charge in [0.25, 0.3) is 0 Å². The van der Waals surface area contributed by atoms with Gasteiger partial charge in [0.1, 0.15) is 0 Å². The van der Waals surface area contributed by atoms with E-state index in [0.29, 0.717) is 0 Å². The fraction of sp³-hybridized carbons (Fsp3) is 0.125. The van der Waals surface area contributed by atoms with E-state index < -0.39 is 0 Å². The molecule has 0 N–H and O–H groups in total. The van der Waals surface area contributed by atoms with E-state index in [4.69, 9.17) is 0 Å². The standard InChI is InChI=1S/C8H9OS/c1-9-10-7-8-5-3-2-4-6-8/h2-6H,1,7H2. The van der Waals surface area contributed by atoms with E-state index >= 15 is 0 Å². The Kier molecular flexibility index (Phi) is 3.33. The van der Waals surface area contributed by atoms with Crippen molar-refractivity contribution in [3.63, 3.8) is 0 Å². The Morgan fingerprint density at radius 2 is 2.00 bits per heavy atom. The van der Waals surface area contributed by atoms with E-state index in [1.807, 2.05) is 18.2 Å². The fourth-order valence-corrected chi connectivity index (χ4v) is 1.10. The van der Waals surface area contributed by atoms with Gasteiger partial charge < -0.3 is 4.18 Å². The second-order valence-electron chi connectivity index (χ2n) is 1.87. The Morgan fingerprint density at radius 3 is 2.60 bits per heavy atom. The number of benzene rings is 1. The molecule has 2 heteroatoms. The minimum absolute atomic E-state index is 0.865. The summed E-state index contributed by atoms with van der Waals surface area (Å²) in [5, 5.41) is 0. The third-order valence-corrected chi connectivity index (χ3v) is 1.77. The lowest BCUT2D eigenvalue weighted by Crippen LogP contribution is -1.76. The summed E-state index contributed by atoms with van der Waals surface area (Å²) in [6, 6.07) is 10.1. The lowest BCUT2D eigenvalue weighted by Gasteiger charge is -1.96. The number of hydrogen-bond acceptors (Lipinski definition) is 2. The van der Waals surface area contributed by atoms with Crippen LogP contribution in [0.3, 0.4) is 0 Å². The summed E-state index contributed by atoms with van der Waals surface area (Å²) in [6.45, 7) is 0. The van der Waals surface area contributed by atoms with Gasteiger partial charge in [0.05, 0.1) is 7.11 Å². The average Bonchev–Trinajstić information content (AvgIpc) is 2.03. The lowest BCUT2D eigenvalue weighted by atomic mass is 10.2. The molecule has 0 aliphatic carbocycles. The van der Waals surface area contributed by atoms with Crippen LogP contribution in [0.25, 0.3) is 0 Å². The average molecular weight is 153 g/mol. The van der Waals surface area contributed by atoms with Crippen molar-refractivity contribution in [1.29, 1.82) is 0 Å². The molecule has 0 aliphatic rings. The molecule has 53 valence electrons. The maximum Gasteiger partial charge on any atom is 0.0860 e. The molecule has 0 atom stereocenters. The van der Waals surface area contributed by atoms with Crippen LogP contribution in [-0.4, -0.2) is 0 Å². The first-order valence-electron chi connectivity index (χ1n) is 3.01. The Labute approximate surface area is 65.6 Å². The van der Waals surface area contributed by atoms with Gasteiger partial charge in [-0.25, -0.2) is 0 Å². The SMILES string of the molecule is [CH2]OSCc1ccccc1. The Balaban J connectivity index is 2.43. The zero-order valence-electron chi connectivity index (χ0n) is 5.62. The molecule has 0 saturated carbocycles. The highest BCUT2D eigenvalue weighted by Gasteiger charge is 1.88. The largest absolute Gasteiger partial charge is 0.313 e.